The molecule has 0 aliphatic heterocycles. The zero-order chi connectivity index (χ0) is 9.84. The molecule has 0 spiro atoms. The molecule has 1 amide bonds. The summed E-state index contributed by atoms with van der Waals surface area (Å²) in [6.45, 7) is 1.89. The molecule has 1 aromatic heterocycles. The molecule has 0 aliphatic carbocycles. The maximum Gasteiger partial charge on any atom is 0.219 e. The molecule has 4 nitrogen and oxygen atoms in total. The second-order valence-electron chi connectivity index (χ2n) is 2.69. The standard InChI is InChI=1S/C7H10BrN3OS/c1-4(2-6(9)12)11-7-10-3-5(8)13-7/h3-4H,2H2,1H3,(H2,9,12)(H,10,11). The molecule has 1 rings (SSSR count). The lowest BCUT2D eigenvalue weighted by atomic mass is 10.2. The second kappa shape index (κ2) is 4.57. The van der Waals surface area contributed by atoms with Crippen molar-refractivity contribution in [1.82, 2.24) is 4.98 Å². The van der Waals surface area contributed by atoms with Crippen LogP contribution >= 0.6 is 27.3 Å². The Kier molecular flexibility index (Phi) is 3.68. The van der Waals surface area contributed by atoms with Crippen molar-refractivity contribution in [2.75, 3.05) is 5.32 Å². The normalized spacial score (nSPS) is 12.5. The molecule has 0 aromatic carbocycles. The molecule has 1 atom stereocenters. The van der Waals surface area contributed by atoms with E-state index in [2.05, 4.69) is 26.2 Å². The van der Waals surface area contributed by atoms with Crippen molar-refractivity contribution in [2.24, 2.45) is 5.73 Å². The van der Waals surface area contributed by atoms with Crippen molar-refractivity contribution in [2.45, 2.75) is 19.4 Å². The number of aromatic nitrogens is 1. The molecule has 72 valence electrons. The summed E-state index contributed by atoms with van der Waals surface area (Å²) in [6, 6.07) is 0.0237. The van der Waals surface area contributed by atoms with E-state index in [0.29, 0.717) is 6.42 Å². The van der Waals surface area contributed by atoms with Gasteiger partial charge in [-0.25, -0.2) is 4.98 Å². The Morgan fingerprint density at radius 1 is 1.92 bits per heavy atom. The Balaban J connectivity index is 2.44. The SMILES string of the molecule is CC(CC(N)=O)Nc1ncc(Br)s1. The van der Waals surface area contributed by atoms with Gasteiger partial charge in [0, 0.05) is 12.5 Å². The van der Waals surface area contributed by atoms with Gasteiger partial charge in [-0.2, -0.15) is 0 Å². The Labute approximate surface area is 88.7 Å². The van der Waals surface area contributed by atoms with Gasteiger partial charge in [0.2, 0.25) is 5.91 Å². The average molecular weight is 264 g/mol. The minimum absolute atomic E-state index is 0.0237. The molecule has 0 fully saturated rings. The number of hydrogen-bond donors (Lipinski definition) is 2. The van der Waals surface area contributed by atoms with E-state index >= 15 is 0 Å². The van der Waals surface area contributed by atoms with Gasteiger partial charge in [0.05, 0.1) is 9.98 Å². The van der Waals surface area contributed by atoms with Crippen LogP contribution in [-0.4, -0.2) is 16.9 Å². The van der Waals surface area contributed by atoms with E-state index in [4.69, 9.17) is 5.73 Å². The van der Waals surface area contributed by atoms with E-state index in [-0.39, 0.29) is 11.9 Å². The van der Waals surface area contributed by atoms with Gasteiger partial charge in [0.1, 0.15) is 0 Å². The van der Waals surface area contributed by atoms with Crippen LogP contribution in [0, 0.1) is 0 Å². The summed E-state index contributed by atoms with van der Waals surface area (Å²) in [7, 11) is 0. The lowest BCUT2D eigenvalue weighted by Gasteiger charge is -2.09. The van der Waals surface area contributed by atoms with Crippen LogP contribution in [-0.2, 0) is 4.79 Å². The van der Waals surface area contributed by atoms with Crippen molar-refractivity contribution in [1.29, 1.82) is 0 Å². The zero-order valence-electron chi connectivity index (χ0n) is 7.08. The summed E-state index contributed by atoms with van der Waals surface area (Å²) in [5, 5.41) is 3.86. The van der Waals surface area contributed by atoms with Crippen LogP contribution < -0.4 is 11.1 Å². The van der Waals surface area contributed by atoms with Crippen LogP contribution in [0.3, 0.4) is 0 Å². The molecule has 13 heavy (non-hydrogen) atoms. The molecule has 0 radical (unpaired) electrons. The molecule has 0 saturated carbocycles. The number of nitrogens with two attached hydrogens (primary N) is 1. The Morgan fingerprint density at radius 2 is 2.62 bits per heavy atom. The monoisotopic (exact) mass is 263 g/mol. The summed E-state index contributed by atoms with van der Waals surface area (Å²) in [5.74, 6) is -0.310. The quantitative estimate of drug-likeness (QED) is 0.867. The van der Waals surface area contributed by atoms with Crippen molar-refractivity contribution in [3.8, 4) is 0 Å². The van der Waals surface area contributed by atoms with Crippen LogP contribution in [0.5, 0.6) is 0 Å². The van der Waals surface area contributed by atoms with Gasteiger partial charge in [-0.1, -0.05) is 11.3 Å². The van der Waals surface area contributed by atoms with E-state index < -0.39 is 0 Å². The minimum atomic E-state index is -0.310. The number of thiazole rings is 1. The maximum absolute atomic E-state index is 10.6. The average Bonchev–Trinajstić information content (AvgIpc) is 2.33. The predicted molar refractivity (Wildman–Crippen MR) is 56.7 cm³/mol. The summed E-state index contributed by atoms with van der Waals surface area (Å²) < 4.78 is 0.960. The van der Waals surface area contributed by atoms with Crippen LogP contribution in [0.4, 0.5) is 5.13 Å². The Morgan fingerprint density at radius 3 is 3.08 bits per heavy atom. The van der Waals surface area contributed by atoms with E-state index in [9.17, 15) is 4.79 Å². The number of carbonyl (C=O) groups excluding carboxylic acids is 1. The number of hydrogen-bond acceptors (Lipinski definition) is 4. The second-order valence-corrected chi connectivity index (χ2v) is 5.10. The van der Waals surface area contributed by atoms with Crippen LogP contribution in [0.1, 0.15) is 13.3 Å². The molecule has 0 bridgehead atoms. The van der Waals surface area contributed by atoms with Crippen molar-refractivity contribution in [3.05, 3.63) is 9.98 Å². The highest BCUT2D eigenvalue weighted by molar-refractivity contribution is 9.11. The largest absolute Gasteiger partial charge is 0.370 e. The molecule has 1 heterocycles. The van der Waals surface area contributed by atoms with E-state index in [0.717, 1.165) is 8.92 Å². The molecule has 1 aromatic rings. The molecular weight excluding hydrogens is 254 g/mol. The van der Waals surface area contributed by atoms with Gasteiger partial charge in [0.25, 0.3) is 0 Å². The number of amides is 1. The number of nitrogens with zero attached hydrogens (tertiary/aromatic N) is 1. The van der Waals surface area contributed by atoms with Crippen molar-refractivity contribution < 1.29 is 4.79 Å². The third-order valence-corrected chi connectivity index (χ3v) is 2.76. The first-order valence-electron chi connectivity index (χ1n) is 3.74. The fourth-order valence-electron chi connectivity index (χ4n) is 0.885. The van der Waals surface area contributed by atoms with Crippen molar-refractivity contribution in [3.63, 3.8) is 0 Å². The fraction of sp³-hybridized carbons (Fsp3) is 0.429. The first-order chi connectivity index (χ1) is 6.08. The number of primary amides is 1. The van der Waals surface area contributed by atoms with E-state index in [1.54, 1.807) is 6.20 Å². The van der Waals surface area contributed by atoms with Gasteiger partial charge in [-0.05, 0) is 22.9 Å². The maximum atomic E-state index is 10.6. The lowest BCUT2D eigenvalue weighted by Crippen LogP contribution is -2.23. The van der Waals surface area contributed by atoms with Gasteiger partial charge < -0.3 is 11.1 Å². The fourth-order valence-corrected chi connectivity index (χ4v) is 2.10. The van der Waals surface area contributed by atoms with Crippen LogP contribution in [0.2, 0.25) is 0 Å². The molecular formula is C7H10BrN3OS. The van der Waals surface area contributed by atoms with Crippen LogP contribution in [0.15, 0.2) is 9.98 Å². The van der Waals surface area contributed by atoms with Gasteiger partial charge >= 0.3 is 0 Å². The highest BCUT2D eigenvalue weighted by Crippen LogP contribution is 2.23. The summed E-state index contributed by atoms with van der Waals surface area (Å²) in [6.07, 6.45) is 2.03. The van der Waals surface area contributed by atoms with Gasteiger partial charge in [-0.3, -0.25) is 4.79 Å². The highest BCUT2D eigenvalue weighted by atomic mass is 79.9. The topological polar surface area (TPSA) is 68.0 Å². The third kappa shape index (κ3) is 3.73. The summed E-state index contributed by atoms with van der Waals surface area (Å²) in [5.41, 5.74) is 5.05. The highest BCUT2D eigenvalue weighted by Gasteiger charge is 2.07. The zero-order valence-corrected chi connectivity index (χ0v) is 9.48. The molecule has 1 unspecified atom stereocenters. The molecule has 3 N–H and O–H groups in total. The third-order valence-electron chi connectivity index (χ3n) is 1.35. The van der Waals surface area contributed by atoms with Crippen LogP contribution in [0.25, 0.3) is 0 Å². The predicted octanol–water partition coefficient (Wildman–Crippen LogP) is 1.58. The van der Waals surface area contributed by atoms with Gasteiger partial charge in [0.15, 0.2) is 5.13 Å². The number of rotatable bonds is 4. The smallest absolute Gasteiger partial charge is 0.219 e. The number of anilines is 1. The number of carbonyl (C=O) groups is 1. The summed E-state index contributed by atoms with van der Waals surface area (Å²) in [4.78, 5) is 14.6. The van der Waals surface area contributed by atoms with E-state index in [1.165, 1.54) is 11.3 Å². The minimum Gasteiger partial charge on any atom is -0.370 e. The first-order valence-corrected chi connectivity index (χ1v) is 5.35. The Bertz CT molecular complexity index is 302. The number of halogens is 1. The Hall–Kier alpha value is -0.620. The molecule has 0 saturated heterocycles. The molecule has 6 heteroatoms. The van der Waals surface area contributed by atoms with Gasteiger partial charge in [-0.15, -0.1) is 0 Å². The molecule has 0 aliphatic rings. The number of nitrogens with one attached hydrogen (secondary N) is 1. The van der Waals surface area contributed by atoms with E-state index in [1.807, 2.05) is 6.92 Å². The first kappa shape index (κ1) is 10.5. The van der Waals surface area contributed by atoms with Crippen molar-refractivity contribution >= 4 is 38.3 Å². The lowest BCUT2D eigenvalue weighted by molar-refractivity contribution is -0.118. The summed E-state index contributed by atoms with van der Waals surface area (Å²) >= 11 is 4.78.